The lowest BCUT2D eigenvalue weighted by Crippen LogP contribution is -2.36. The minimum atomic E-state index is -1.25. The molecule has 2 heterocycles. The molecule has 4 rings (SSSR count). The molecule has 3 aromatic rings. The van der Waals surface area contributed by atoms with Gasteiger partial charge in [0.05, 0.1) is 22.6 Å². The van der Waals surface area contributed by atoms with Crippen molar-refractivity contribution in [2.24, 2.45) is 5.73 Å². The second-order valence-corrected chi connectivity index (χ2v) is 8.21. The molecule has 0 aliphatic carbocycles. The van der Waals surface area contributed by atoms with Crippen molar-refractivity contribution >= 4 is 23.5 Å². The second-order valence-electron chi connectivity index (χ2n) is 8.21. The lowest BCUT2D eigenvalue weighted by molar-refractivity contribution is -0.133. The number of benzene rings is 2. The molecule has 1 aromatic heterocycles. The summed E-state index contributed by atoms with van der Waals surface area (Å²) in [5.41, 5.74) is 6.66. The normalized spacial score (nSPS) is 15.6. The Hall–Kier alpha value is -4.60. The monoisotopic (exact) mass is 476 g/mol. The van der Waals surface area contributed by atoms with Gasteiger partial charge in [-0.1, -0.05) is 12.1 Å². The van der Waals surface area contributed by atoms with Crippen molar-refractivity contribution in [1.82, 2.24) is 9.78 Å². The standard InChI is InChI=1S/C25H21FN4O5/c1-13-9-20(21(10-17(13)24(27)33)30-22(31)8-3-14(2)28-30)29-12-19(25(34)35)18(11-23(29)32)15-4-6-16(26)7-5-15/h3-10,12,18H,11H2,1-2H3,(H2,27,33)(H,34,35)/t18-/m0/s1. The van der Waals surface area contributed by atoms with Crippen molar-refractivity contribution in [3.63, 3.8) is 0 Å². The second kappa shape index (κ2) is 8.98. The molecule has 0 spiro atoms. The first-order valence-corrected chi connectivity index (χ1v) is 10.6. The van der Waals surface area contributed by atoms with E-state index in [0.717, 1.165) is 9.58 Å². The van der Waals surface area contributed by atoms with E-state index in [1.165, 1.54) is 54.7 Å². The molecule has 2 amide bonds. The summed E-state index contributed by atoms with van der Waals surface area (Å²) in [6.07, 6.45) is 0.973. The highest BCUT2D eigenvalue weighted by atomic mass is 19.1. The average Bonchev–Trinajstić information content (AvgIpc) is 2.80. The number of anilines is 1. The molecule has 178 valence electrons. The highest BCUT2D eigenvalue weighted by Gasteiger charge is 2.34. The molecular formula is C25H21FN4O5. The highest BCUT2D eigenvalue weighted by molar-refractivity contribution is 6.04. The van der Waals surface area contributed by atoms with E-state index in [0.29, 0.717) is 16.8 Å². The van der Waals surface area contributed by atoms with Gasteiger partial charge in [0.2, 0.25) is 11.8 Å². The first-order valence-electron chi connectivity index (χ1n) is 10.6. The molecule has 2 aromatic carbocycles. The van der Waals surface area contributed by atoms with Crippen LogP contribution in [-0.4, -0.2) is 32.7 Å². The van der Waals surface area contributed by atoms with E-state index in [2.05, 4.69) is 5.10 Å². The van der Waals surface area contributed by atoms with E-state index in [-0.39, 0.29) is 28.9 Å². The summed E-state index contributed by atoms with van der Waals surface area (Å²) >= 11 is 0. The Morgan fingerprint density at radius 1 is 1.06 bits per heavy atom. The zero-order chi connectivity index (χ0) is 25.4. The summed E-state index contributed by atoms with van der Waals surface area (Å²) in [5, 5.41) is 14.1. The Balaban J connectivity index is 1.94. The van der Waals surface area contributed by atoms with Crippen LogP contribution in [0.3, 0.4) is 0 Å². The van der Waals surface area contributed by atoms with Gasteiger partial charge >= 0.3 is 5.97 Å². The number of rotatable bonds is 5. The van der Waals surface area contributed by atoms with Crippen LogP contribution in [0.5, 0.6) is 0 Å². The number of carbonyl (C=O) groups excluding carboxylic acids is 2. The van der Waals surface area contributed by atoms with E-state index in [1.807, 2.05) is 0 Å². The summed E-state index contributed by atoms with van der Waals surface area (Å²) in [4.78, 5) is 51.2. The summed E-state index contributed by atoms with van der Waals surface area (Å²) in [6, 6.07) is 10.9. The molecule has 0 unspecified atom stereocenters. The van der Waals surface area contributed by atoms with Gasteiger partial charge in [-0.25, -0.2) is 9.18 Å². The van der Waals surface area contributed by atoms with Gasteiger partial charge in [-0.15, -0.1) is 0 Å². The predicted molar refractivity (Wildman–Crippen MR) is 125 cm³/mol. The van der Waals surface area contributed by atoms with Crippen LogP contribution in [0.15, 0.2) is 65.1 Å². The maximum Gasteiger partial charge on any atom is 0.333 e. The number of carboxylic acid groups (broad SMARTS) is 1. The van der Waals surface area contributed by atoms with Gasteiger partial charge in [-0.2, -0.15) is 9.78 Å². The lowest BCUT2D eigenvalue weighted by atomic mass is 9.85. The van der Waals surface area contributed by atoms with Crippen molar-refractivity contribution in [3.05, 3.63) is 98.9 Å². The van der Waals surface area contributed by atoms with Gasteiger partial charge in [-0.05, 0) is 55.3 Å². The number of aryl methyl sites for hydroxylation is 2. The zero-order valence-corrected chi connectivity index (χ0v) is 18.9. The van der Waals surface area contributed by atoms with E-state index in [9.17, 15) is 28.7 Å². The number of nitrogens with zero attached hydrogens (tertiary/aromatic N) is 3. The molecular weight excluding hydrogens is 455 g/mol. The van der Waals surface area contributed by atoms with E-state index < -0.39 is 35.1 Å². The molecule has 1 atom stereocenters. The third kappa shape index (κ3) is 4.45. The third-order valence-electron chi connectivity index (χ3n) is 5.82. The Morgan fingerprint density at radius 3 is 2.37 bits per heavy atom. The Bertz CT molecular complexity index is 1460. The smallest absolute Gasteiger partial charge is 0.333 e. The van der Waals surface area contributed by atoms with Crippen LogP contribution in [0.4, 0.5) is 10.1 Å². The number of hydrogen-bond donors (Lipinski definition) is 2. The van der Waals surface area contributed by atoms with E-state index in [1.54, 1.807) is 13.8 Å². The summed E-state index contributed by atoms with van der Waals surface area (Å²) in [6.45, 7) is 3.28. The summed E-state index contributed by atoms with van der Waals surface area (Å²) < 4.78 is 14.4. The molecule has 0 radical (unpaired) electrons. The van der Waals surface area contributed by atoms with E-state index >= 15 is 0 Å². The predicted octanol–water partition coefficient (Wildman–Crippen LogP) is 2.58. The van der Waals surface area contributed by atoms with Crippen molar-refractivity contribution in [2.45, 2.75) is 26.2 Å². The van der Waals surface area contributed by atoms with Crippen molar-refractivity contribution < 1.29 is 23.9 Å². The molecule has 0 fully saturated rings. The number of halogens is 1. The SMILES string of the molecule is Cc1ccc(=O)n(-c2cc(C(N)=O)c(C)cc2N2C=C(C(=O)O)[C@H](c3ccc(F)cc3)CC2=O)n1. The minimum absolute atomic E-state index is 0.0904. The number of carbonyl (C=O) groups is 3. The largest absolute Gasteiger partial charge is 0.478 e. The summed E-state index contributed by atoms with van der Waals surface area (Å²) in [5.74, 6) is -3.73. The van der Waals surface area contributed by atoms with Gasteiger partial charge in [0, 0.05) is 30.2 Å². The number of amides is 2. The number of primary amides is 1. The molecule has 3 N–H and O–H groups in total. The van der Waals surface area contributed by atoms with Gasteiger partial charge < -0.3 is 10.8 Å². The lowest BCUT2D eigenvalue weighted by Gasteiger charge is -2.31. The fourth-order valence-corrected chi connectivity index (χ4v) is 4.07. The molecule has 0 saturated heterocycles. The van der Waals surface area contributed by atoms with Crippen LogP contribution >= 0.6 is 0 Å². The van der Waals surface area contributed by atoms with Crippen molar-refractivity contribution in [1.29, 1.82) is 0 Å². The molecule has 9 nitrogen and oxygen atoms in total. The quantitative estimate of drug-likeness (QED) is 0.581. The number of nitrogens with two attached hydrogens (primary N) is 1. The topological polar surface area (TPSA) is 136 Å². The molecule has 0 bridgehead atoms. The van der Waals surface area contributed by atoms with Gasteiger partial charge in [-0.3, -0.25) is 19.3 Å². The van der Waals surface area contributed by atoms with Crippen LogP contribution in [0.1, 0.15) is 39.5 Å². The fraction of sp³-hybridized carbons (Fsp3) is 0.160. The highest BCUT2D eigenvalue weighted by Crippen LogP contribution is 2.37. The van der Waals surface area contributed by atoms with Gasteiger partial charge in [0.15, 0.2) is 0 Å². The van der Waals surface area contributed by atoms with Crippen molar-refractivity contribution in [2.75, 3.05) is 4.90 Å². The molecule has 1 aliphatic heterocycles. The number of aliphatic carboxylic acids is 1. The Morgan fingerprint density at radius 2 is 1.74 bits per heavy atom. The maximum absolute atomic E-state index is 13.4. The molecule has 35 heavy (non-hydrogen) atoms. The molecule has 0 saturated carbocycles. The maximum atomic E-state index is 13.4. The van der Waals surface area contributed by atoms with Gasteiger partial charge in [0.25, 0.3) is 5.56 Å². The van der Waals surface area contributed by atoms with Crippen LogP contribution in [0, 0.1) is 19.7 Å². The van der Waals surface area contributed by atoms with Crippen LogP contribution < -0.4 is 16.2 Å². The Kier molecular flexibility index (Phi) is 6.04. The average molecular weight is 476 g/mol. The first-order chi connectivity index (χ1) is 16.6. The molecule has 10 heteroatoms. The number of aromatic nitrogens is 2. The third-order valence-corrected chi connectivity index (χ3v) is 5.82. The van der Waals surface area contributed by atoms with Crippen molar-refractivity contribution in [3.8, 4) is 5.69 Å². The Labute approximate surface area is 198 Å². The van der Waals surface area contributed by atoms with Crippen LogP contribution in [-0.2, 0) is 9.59 Å². The number of hydrogen-bond acceptors (Lipinski definition) is 5. The van der Waals surface area contributed by atoms with E-state index in [4.69, 9.17) is 5.73 Å². The van der Waals surface area contributed by atoms with Gasteiger partial charge in [0.1, 0.15) is 5.82 Å². The zero-order valence-electron chi connectivity index (χ0n) is 18.9. The van der Waals surface area contributed by atoms with Crippen LogP contribution in [0.25, 0.3) is 5.69 Å². The first kappa shape index (κ1) is 23.6. The summed E-state index contributed by atoms with van der Waals surface area (Å²) in [7, 11) is 0. The molecule has 1 aliphatic rings. The van der Waals surface area contributed by atoms with Crippen LogP contribution in [0.2, 0.25) is 0 Å². The minimum Gasteiger partial charge on any atom is -0.478 e. The fourth-order valence-electron chi connectivity index (χ4n) is 4.07. The number of carboxylic acids is 1.